The summed E-state index contributed by atoms with van der Waals surface area (Å²) in [4.78, 5) is 19.4. The predicted molar refractivity (Wildman–Crippen MR) is 101 cm³/mol. The Labute approximate surface area is 164 Å². The van der Waals surface area contributed by atoms with Crippen molar-refractivity contribution in [3.63, 3.8) is 0 Å². The number of sulfone groups is 1. The molecule has 11 heteroatoms. The lowest BCUT2D eigenvalue weighted by Crippen LogP contribution is -2.36. The van der Waals surface area contributed by atoms with Crippen molar-refractivity contribution in [1.29, 1.82) is 0 Å². The third kappa shape index (κ3) is 5.91. The van der Waals surface area contributed by atoms with Crippen LogP contribution in [0.4, 0.5) is 13.2 Å². The molecule has 0 saturated heterocycles. The largest absolute Gasteiger partial charge is 0.460 e. The second kappa shape index (κ2) is 7.99. The molecule has 2 heterocycles. The first-order valence-electron chi connectivity index (χ1n) is 8.53. The van der Waals surface area contributed by atoms with E-state index in [1.54, 1.807) is 24.3 Å². The Hall–Kier alpha value is -2.66. The van der Waals surface area contributed by atoms with Crippen LogP contribution in [0, 0.1) is 0 Å². The van der Waals surface area contributed by atoms with Crippen LogP contribution in [-0.2, 0) is 16.4 Å². The molecule has 0 aliphatic heterocycles. The van der Waals surface area contributed by atoms with Gasteiger partial charge < -0.3 is 9.40 Å². The van der Waals surface area contributed by atoms with Crippen LogP contribution in [-0.4, -0.2) is 54.6 Å². The molecule has 2 aromatic heterocycles. The Morgan fingerprint density at radius 3 is 2.66 bits per heavy atom. The first-order valence-corrected chi connectivity index (χ1v) is 10.6. The Bertz CT molecular complexity index is 1170. The van der Waals surface area contributed by atoms with Gasteiger partial charge in [-0.3, -0.25) is 9.69 Å². The van der Waals surface area contributed by atoms with E-state index >= 15 is 0 Å². The van der Waals surface area contributed by atoms with Crippen molar-refractivity contribution in [3.05, 3.63) is 52.8 Å². The summed E-state index contributed by atoms with van der Waals surface area (Å²) in [6.07, 6.45) is -2.21. The first-order chi connectivity index (χ1) is 13.5. The van der Waals surface area contributed by atoms with E-state index in [1.165, 1.54) is 12.4 Å². The summed E-state index contributed by atoms with van der Waals surface area (Å²) in [5.41, 5.74) is 0.753. The summed E-state index contributed by atoms with van der Waals surface area (Å²) in [5, 5.41) is 0.356. The standard InChI is InChI=1S/C18H18F3N3O4S/c1-29(26,27)7-6-24(10-18(19,20)21)9-13-3-5-16(28-13)12-2-4-15-14(8-12)17(25)23-11-22-15/h2-5,8,11H,6-7,9-10H2,1H3,(H,22,23,25). The zero-order chi connectivity index (χ0) is 21.2. The van der Waals surface area contributed by atoms with Crippen molar-refractivity contribution in [2.24, 2.45) is 0 Å². The van der Waals surface area contributed by atoms with Gasteiger partial charge in [0, 0.05) is 18.4 Å². The molecule has 0 aliphatic carbocycles. The topological polar surface area (TPSA) is 96.3 Å². The minimum absolute atomic E-state index is 0.204. The van der Waals surface area contributed by atoms with Gasteiger partial charge in [0.25, 0.3) is 5.56 Å². The normalized spacial score (nSPS) is 12.7. The van der Waals surface area contributed by atoms with Crippen LogP contribution in [0.15, 0.2) is 45.9 Å². The summed E-state index contributed by atoms with van der Waals surface area (Å²) in [6, 6.07) is 8.03. The molecule has 1 aromatic carbocycles. The van der Waals surface area contributed by atoms with Gasteiger partial charge in [0.15, 0.2) is 0 Å². The van der Waals surface area contributed by atoms with Gasteiger partial charge in [0.1, 0.15) is 21.4 Å². The van der Waals surface area contributed by atoms with E-state index in [4.69, 9.17) is 4.42 Å². The minimum atomic E-state index is -4.47. The Balaban J connectivity index is 1.81. The molecule has 156 valence electrons. The third-order valence-electron chi connectivity index (χ3n) is 4.15. The zero-order valence-corrected chi connectivity index (χ0v) is 16.2. The number of hydrogen-bond acceptors (Lipinski definition) is 6. The van der Waals surface area contributed by atoms with Gasteiger partial charge in [0.2, 0.25) is 0 Å². The summed E-state index contributed by atoms with van der Waals surface area (Å²) in [5.74, 6) is 0.232. The molecule has 3 rings (SSSR count). The van der Waals surface area contributed by atoms with E-state index in [0.717, 1.165) is 11.2 Å². The number of halogens is 3. The van der Waals surface area contributed by atoms with Crippen LogP contribution in [0.1, 0.15) is 5.76 Å². The zero-order valence-electron chi connectivity index (χ0n) is 15.4. The smallest absolute Gasteiger partial charge is 0.401 e. The SMILES string of the molecule is CS(=O)(=O)CCN(Cc1ccc(-c2ccc3nc[nH]c(=O)c3c2)o1)CC(F)(F)F. The minimum Gasteiger partial charge on any atom is -0.460 e. The van der Waals surface area contributed by atoms with Crippen molar-refractivity contribution in [2.75, 3.05) is 25.1 Å². The molecule has 7 nitrogen and oxygen atoms in total. The fourth-order valence-corrected chi connectivity index (χ4v) is 3.41. The van der Waals surface area contributed by atoms with Gasteiger partial charge in [-0.25, -0.2) is 13.4 Å². The van der Waals surface area contributed by atoms with E-state index in [9.17, 15) is 26.4 Å². The quantitative estimate of drug-likeness (QED) is 0.620. The molecular formula is C18H18F3N3O4S. The van der Waals surface area contributed by atoms with Crippen molar-refractivity contribution in [3.8, 4) is 11.3 Å². The third-order valence-corrected chi connectivity index (χ3v) is 5.07. The second-order valence-corrected chi connectivity index (χ2v) is 8.95. The highest BCUT2D eigenvalue weighted by Gasteiger charge is 2.31. The summed E-state index contributed by atoms with van der Waals surface area (Å²) >= 11 is 0. The molecule has 0 radical (unpaired) electrons. The number of furan rings is 1. The Morgan fingerprint density at radius 2 is 1.97 bits per heavy atom. The first kappa shape index (κ1) is 21.1. The maximum atomic E-state index is 12.8. The van der Waals surface area contributed by atoms with Crippen LogP contribution in [0.25, 0.3) is 22.2 Å². The Kier molecular flexibility index (Phi) is 5.80. The molecule has 0 unspecified atom stereocenters. The van der Waals surface area contributed by atoms with Gasteiger partial charge in [0.05, 0.1) is 36.1 Å². The molecule has 3 aromatic rings. The molecule has 1 N–H and O–H groups in total. The molecular weight excluding hydrogens is 411 g/mol. The molecule has 0 amide bonds. The van der Waals surface area contributed by atoms with Crippen molar-refractivity contribution in [2.45, 2.75) is 12.7 Å². The van der Waals surface area contributed by atoms with Crippen LogP contribution >= 0.6 is 0 Å². The average Bonchev–Trinajstić information content (AvgIpc) is 3.06. The molecule has 0 fully saturated rings. The number of alkyl halides is 3. The highest BCUT2D eigenvalue weighted by molar-refractivity contribution is 7.90. The fourth-order valence-electron chi connectivity index (χ4n) is 2.82. The average molecular weight is 429 g/mol. The van der Waals surface area contributed by atoms with Gasteiger partial charge in [-0.15, -0.1) is 0 Å². The number of nitrogens with zero attached hydrogens (tertiary/aromatic N) is 2. The molecule has 0 aliphatic rings. The second-order valence-electron chi connectivity index (χ2n) is 6.69. The molecule has 0 spiro atoms. The molecule has 0 bridgehead atoms. The number of aromatic amines is 1. The number of fused-ring (bicyclic) bond motifs is 1. The van der Waals surface area contributed by atoms with Crippen LogP contribution in [0.2, 0.25) is 0 Å². The summed E-state index contributed by atoms with van der Waals surface area (Å²) in [7, 11) is -3.41. The molecule has 0 saturated carbocycles. The van der Waals surface area contributed by atoms with Gasteiger partial charge in [-0.2, -0.15) is 13.2 Å². The number of hydrogen-bond donors (Lipinski definition) is 1. The van der Waals surface area contributed by atoms with E-state index in [0.29, 0.717) is 22.2 Å². The number of H-pyrrole nitrogens is 1. The van der Waals surface area contributed by atoms with Crippen LogP contribution in [0.5, 0.6) is 0 Å². The monoisotopic (exact) mass is 429 g/mol. The molecule has 29 heavy (non-hydrogen) atoms. The Morgan fingerprint density at radius 1 is 1.21 bits per heavy atom. The van der Waals surface area contributed by atoms with Crippen LogP contribution < -0.4 is 5.56 Å². The maximum absolute atomic E-state index is 12.8. The van der Waals surface area contributed by atoms with Crippen LogP contribution in [0.3, 0.4) is 0 Å². The lowest BCUT2D eigenvalue weighted by molar-refractivity contribution is -0.146. The van der Waals surface area contributed by atoms with E-state index in [2.05, 4.69) is 9.97 Å². The van der Waals surface area contributed by atoms with Crippen molar-refractivity contribution in [1.82, 2.24) is 14.9 Å². The highest BCUT2D eigenvalue weighted by atomic mass is 32.2. The van der Waals surface area contributed by atoms with E-state index in [-0.39, 0.29) is 24.4 Å². The van der Waals surface area contributed by atoms with E-state index < -0.39 is 28.3 Å². The van der Waals surface area contributed by atoms with Gasteiger partial charge in [-0.1, -0.05) is 0 Å². The highest BCUT2D eigenvalue weighted by Crippen LogP contribution is 2.26. The summed E-state index contributed by atoms with van der Waals surface area (Å²) < 4.78 is 66.7. The maximum Gasteiger partial charge on any atom is 0.401 e. The van der Waals surface area contributed by atoms with Gasteiger partial charge >= 0.3 is 6.18 Å². The lowest BCUT2D eigenvalue weighted by atomic mass is 10.1. The van der Waals surface area contributed by atoms with Crippen molar-refractivity contribution < 1.29 is 26.0 Å². The number of aromatic nitrogens is 2. The predicted octanol–water partition coefficient (Wildman–Crippen LogP) is 2.59. The molecule has 0 atom stereocenters. The lowest BCUT2D eigenvalue weighted by Gasteiger charge is -2.22. The number of nitrogens with one attached hydrogen (secondary N) is 1. The summed E-state index contributed by atoms with van der Waals surface area (Å²) in [6.45, 7) is -1.73. The number of benzene rings is 1. The van der Waals surface area contributed by atoms with Crippen molar-refractivity contribution >= 4 is 20.7 Å². The van der Waals surface area contributed by atoms with E-state index in [1.807, 2.05) is 0 Å². The fraction of sp³-hybridized carbons (Fsp3) is 0.333. The van der Waals surface area contributed by atoms with Gasteiger partial charge in [-0.05, 0) is 30.3 Å². The number of rotatable bonds is 7.